The summed E-state index contributed by atoms with van der Waals surface area (Å²) in [5, 5.41) is 0. The van der Waals surface area contributed by atoms with E-state index in [9.17, 15) is 26.4 Å². The second-order valence-electron chi connectivity index (χ2n) is 9.27. The van der Waals surface area contributed by atoms with Crippen LogP contribution in [0.2, 0.25) is 0 Å². The number of ether oxygens (including phenoxy) is 1. The Morgan fingerprint density at radius 1 is 0.875 bits per heavy atom. The molecule has 0 aliphatic heterocycles. The van der Waals surface area contributed by atoms with Gasteiger partial charge in [-0.3, -0.25) is 4.79 Å². The van der Waals surface area contributed by atoms with Crippen molar-refractivity contribution in [1.82, 2.24) is 18.5 Å². The standard InChI is InChI=1S/C28H23F3N4O4S/c1-16-5-11-21(12-6-16)40(37,38)35-17(2)26(27-23(35)13-14-25(36)34(27)4)22-15-24(33-18(3)32-22)39-20-9-7-19(8-10-20)28(29,30)31/h5-15H,1-4H3. The highest BCUT2D eigenvalue weighted by molar-refractivity contribution is 7.90. The molecule has 0 N–H and O–H groups in total. The van der Waals surface area contributed by atoms with Gasteiger partial charge in [-0.25, -0.2) is 17.4 Å². The third-order valence-corrected chi connectivity index (χ3v) is 8.27. The van der Waals surface area contributed by atoms with Gasteiger partial charge in [-0.05, 0) is 63.2 Å². The molecule has 5 aromatic rings. The molecule has 0 aliphatic carbocycles. The molecule has 0 unspecified atom stereocenters. The normalized spacial score (nSPS) is 12.2. The molecule has 0 saturated heterocycles. The van der Waals surface area contributed by atoms with Crippen molar-refractivity contribution in [2.75, 3.05) is 0 Å². The topological polar surface area (TPSA) is 96.1 Å². The van der Waals surface area contributed by atoms with Crippen LogP contribution in [-0.2, 0) is 23.2 Å². The minimum Gasteiger partial charge on any atom is -0.439 e. The smallest absolute Gasteiger partial charge is 0.416 e. The number of rotatable bonds is 5. The molecule has 206 valence electrons. The quantitative estimate of drug-likeness (QED) is 0.267. The number of nitrogens with zero attached hydrogens (tertiary/aromatic N) is 4. The second kappa shape index (κ2) is 9.63. The summed E-state index contributed by atoms with van der Waals surface area (Å²) < 4.78 is 74.8. The van der Waals surface area contributed by atoms with E-state index in [4.69, 9.17) is 4.74 Å². The summed E-state index contributed by atoms with van der Waals surface area (Å²) in [6, 6.07) is 14.8. The van der Waals surface area contributed by atoms with E-state index in [0.29, 0.717) is 16.8 Å². The zero-order valence-electron chi connectivity index (χ0n) is 21.8. The molecule has 2 aromatic carbocycles. The van der Waals surface area contributed by atoms with Crippen LogP contribution in [0.15, 0.2) is 76.4 Å². The van der Waals surface area contributed by atoms with E-state index in [1.807, 2.05) is 6.92 Å². The van der Waals surface area contributed by atoms with Crippen LogP contribution in [-0.4, -0.2) is 26.9 Å². The summed E-state index contributed by atoms with van der Waals surface area (Å²) in [4.78, 5) is 21.4. The first-order valence-corrected chi connectivity index (χ1v) is 13.5. The van der Waals surface area contributed by atoms with E-state index in [1.165, 1.54) is 58.1 Å². The van der Waals surface area contributed by atoms with Crippen molar-refractivity contribution in [3.05, 3.63) is 99.7 Å². The molecule has 0 spiro atoms. The predicted octanol–water partition coefficient (Wildman–Crippen LogP) is 5.77. The number of aryl methyl sites for hydroxylation is 3. The number of hydrogen-bond donors (Lipinski definition) is 0. The Hall–Kier alpha value is -4.45. The molecule has 12 heteroatoms. The molecule has 0 bridgehead atoms. The number of hydrogen-bond acceptors (Lipinski definition) is 6. The summed E-state index contributed by atoms with van der Waals surface area (Å²) in [7, 11) is -2.55. The first-order chi connectivity index (χ1) is 18.8. The number of aromatic nitrogens is 4. The predicted molar refractivity (Wildman–Crippen MR) is 143 cm³/mol. The van der Waals surface area contributed by atoms with E-state index >= 15 is 0 Å². The van der Waals surface area contributed by atoms with Crippen LogP contribution in [0, 0.1) is 20.8 Å². The number of alkyl halides is 3. The molecule has 0 fully saturated rings. The molecule has 0 amide bonds. The minimum absolute atomic E-state index is 0.0323. The molecule has 3 heterocycles. The van der Waals surface area contributed by atoms with Crippen LogP contribution in [0.5, 0.6) is 11.6 Å². The lowest BCUT2D eigenvalue weighted by Gasteiger charge is -2.11. The van der Waals surface area contributed by atoms with E-state index in [-0.39, 0.29) is 39.1 Å². The fourth-order valence-electron chi connectivity index (χ4n) is 4.52. The number of halogens is 3. The van der Waals surface area contributed by atoms with Crippen molar-refractivity contribution in [3.8, 4) is 22.9 Å². The van der Waals surface area contributed by atoms with Gasteiger partial charge in [-0.2, -0.15) is 18.2 Å². The molecule has 40 heavy (non-hydrogen) atoms. The summed E-state index contributed by atoms with van der Waals surface area (Å²) >= 11 is 0. The summed E-state index contributed by atoms with van der Waals surface area (Å²) in [6.45, 7) is 5.06. The Morgan fingerprint density at radius 3 is 2.15 bits per heavy atom. The van der Waals surface area contributed by atoms with Gasteiger partial charge in [0.25, 0.3) is 15.6 Å². The molecule has 0 atom stereocenters. The zero-order chi connectivity index (χ0) is 29.0. The van der Waals surface area contributed by atoms with Gasteiger partial charge in [0.2, 0.25) is 5.88 Å². The first-order valence-electron chi connectivity index (χ1n) is 12.0. The van der Waals surface area contributed by atoms with Crippen LogP contribution >= 0.6 is 0 Å². The molecule has 8 nitrogen and oxygen atoms in total. The molecular weight excluding hydrogens is 545 g/mol. The first kappa shape index (κ1) is 27.1. The zero-order valence-corrected chi connectivity index (χ0v) is 22.6. The van der Waals surface area contributed by atoms with Crippen LogP contribution in [0.1, 0.15) is 22.6 Å². The maximum atomic E-state index is 13.8. The fourth-order valence-corrected chi connectivity index (χ4v) is 6.07. The lowest BCUT2D eigenvalue weighted by Crippen LogP contribution is -2.17. The fraction of sp³-hybridized carbons (Fsp3) is 0.179. The Kier molecular flexibility index (Phi) is 6.53. The molecule has 0 radical (unpaired) electrons. The maximum Gasteiger partial charge on any atom is 0.416 e. The molecule has 5 rings (SSSR count). The largest absolute Gasteiger partial charge is 0.439 e. The average Bonchev–Trinajstić information content (AvgIpc) is 3.19. The Labute approximate surface area is 227 Å². The van der Waals surface area contributed by atoms with Gasteiger partial charge >= 0.3 is 6.18 Å². The van der Waals surface area contributed by atoms with Gasteiger partial charge in [0.15, 0.2) is 0 Å². The van der Waals surface area contributed by atoms with Crippen molar-refractivity contribution in [2.45, 2.75) is 31.8 Å². The van der Waals surface area contributed by atoms with Crippen molar-refractivity contribution < 1.29 is 26.3 Å². The van der Waals surface area contributed by atoms with Gasteiger partial charge in [0.05, 0.1) is 27.2 Å². The van der Waals surface area contributed by atoms with E-state index in [2.05, 4.69) is 9.97 Å². The van der Waals surface area contributed by atoms with Gasteiger partial charge < -0.3 is 9.30 Å². The van der Waals surface area contributed by atoms with E-state index < -0.39 is 21.8 Å². The van der Waals surface area contributed by atoms with Crippen LogP contribution in [0.4, 0.5) is 13.2 Å². The summed E-state index contributed by atoms with van der Waals surface area (Å²) in [6.07, 6.45) is -4.49. The van der Waals surface area contributed by atoms with Crippen molar-refractivity contribution in [1.29, 1.82) is 0 Å². The Bertz CT molecular complexity index is 1930. The minimum atomic E-state index is -4.49. The van der Waals surface area contributed by atoms with Crippen molar-refractivity contribution in [3.63, 3.8) is 0 Å². The van der Waals surface area contributed by atoms with Crippen LogP contribution < -0.4 is 10.3 Å². The van der Waals surface area contributed by atoms with Gasteiger partial charge in [-0.1, -0.05) is 17.7 Å². The van der Waals surface area contributed by atoms with Gasteiger partial charge in [0, 0.05) is 30.4 Å². The van der Waals surface area contributed by atoms with Crippen molar-refractivity contribution >= 4 is 21.1 Å². The monoisotopic (exact) mass is 568 g/mol. The second-order valence-corrected chi connectivity index (χ2v) is 11.1. The lowest BCUT2D eigenvalue weighted by molar-refractivity contribution is -0.137. The van der Waals surface area contributed by atoms with Gasteiger partial charge in [0.1, 0.15) is 11.6 Å². The number of fused-ring (bicyclic) bond motifs is 1. The van der Waals surface area contributed by atoms with Crippen LogP contribution in [0.3, 0.4) is 0 Å². The highest BCUT2D eigenvalue weighted by Crippen LogP contribution is 2.37. The van der Waals surface area contributed by atoms with E-state index in [0.717, 1.165) is 17.7 Å². The highest BCUT2D eigenvalue weighted by atomic mass is 32.2. The number of pyridine rings is 1. The third kappa shape index (κ3) is 4.75. The third-order valence-electron chi connectivity index (χ3n) is 6.45. The average molecular weight is 569 g/mol. The molecular formula is C28H23F3N4O4S. The lowest BCUT2D eigenvalue weighted by atomic mass is 10.1. The van der Waals surface area contributed by atoms with Crippen molar-refractivity contribution in [2.24, 2.45) is 7.05 Å². The summed E-state index contributed by atoms with van der Waals surface area (Å²) in [5.74, 6) is 0.414. The molecule has 3 aromatic heterocycles. The Morgan fingerprint density at radius 2 is 1.52 bits per heavy atom. The van der Waals surface area contributed by atoms with Crippen LogP contribution in [0.25, 0.3) is 22.3 Å². The molecule has 0 saturated carbocycles. The SMILES string of the molecule is Cc1ccc(S(=O)(=O)n2c(C)c(-c3cc(Oc4ccc(C(F)(F)F)cc4)nc(C)n3)c3c2ccc(=O)n3C)cc1. The van der Waals surface area contributed by atoms with E-state index in [1.54, 1.807) is 26.0 Å². The highest BCUT2D eigenvalue weighted by Gasteiger charge is 2.30. The Balaban J connectivity index is 1.69. The maximum absolute atomic E-state index is 13.8. The van der Waals surface area contributed by atoms with Gasteiger partial charge in [-0.15, -0.1) is 0 Å². The number of benzene rings is 2. The molecule has 0 aliphatic rings. The summed E-state index contributed by atoms with van der Waals surface area (Å²) in [5.41, 5.74) is 1.27.